The van der Waals surface area contributed by atoms with Crippen LogP contribution in [0.4, 0.5) is 0 Å². The summed E-state index contributed by atoms with van der Waals surface area (Å²) in [6.07, 6.45) is 6.36. The van der Waals surface area contributed by atoms with Gasteiger partial charge in [-0.25, -0.2) is 4.98 Å². The molecule has 0 N–H and O–H groups in total. The highest BCUT2D eigenvalue weighted by molar-refractivity contribution is 5.91. The molecule has 1 aliphatic rings. The van der Waals surface area contributed by atoms with Crippen LogP contribution < -0.4 is 11.0 Å². The van der Waals surface area contributed by atoms with E-state index in [1.54, 1.807) is 27.6 Å². The number of rotatable bonds is 2. The normalized spacial score (nSPS) is 14.6. The highest BCUT2D eigenvalue weighted by atomic mass is 16.1. The first-order valence-electron chi connectivity index (χ1n) is 9.11. The third-order valence-corrected chi connectivity index (χ3v) is 5.53. The number of hydrogen-bond acceptors (Lipinski definition) is 4. The van der Waals surface area contributed by atoms with Gasteiger partial charge in [0.15, 0.2) is 5.65 Å². The maximum Gasteiger partial charge on any atom is 0.271 e. The van der Waals surface area contributed by atoms with Gasteiger partial charge in [0.05, 0.1) is 17.4 Å². The molecule has 0 saturated heterocycles. The summed E-state index contributed by atoms with van der Waals surface area (Å²) in [5, 5.41) is 0.609. The highest BCUT2D eigenvalue weighted by Crippen LogP contribution is 2.36. The molecular weight excluding hydrogens is 340 g/mol. The van der Waals surface area contributed by atoms with Crippen LogP contribution in [0.3, 0.4) is 0 Å². The molecule has 0 aliphatic heterocycles. The molecule has 0 spiro atoms. The van der Waals surface area contributed by atoms with Crippen LogP contribution in [-0.2, 0) is 7.05 Å². The van der Waals surface area contributed by atoms with E-state index in [4.69, 9.17) is 4.98 Å². The second kappa shape index (κ2) is 5.87. The molecule has 1 fully saturated rings. The van der Waals surface area contributed by atoms with Crippen LogP contribution >= 0.6 is 0 Å². The van der Waals surface area contributed by atoms with E-state index in [9.17, 15) is 9.59 Å². The number of hydrogen-bond donors (Lipinski definition) is 0. The van der Waals surface area contributed by atoms with Crippen LogP contribution in [0.1, 0.15) is 31.0 Å². The number of aromatic nitrogens is 4. The van der Waals surface area contributed by atoms with E-state index >= 15 is 0 Å². The lowest BCUT2D eigenvalue weighted by molar-refractivity contribution is 0.394. The lowest BCUT2D eigenvalue weighted by atomic mass is 9.84. The van der Waals surface area contributed by atoms with Crippen LogP contribution in [0.15, 0.2) is 58.4 Å². The van der Waals surface area contributed by atoms with Gasteiger partial charge in [-0.05, 0) is 31.0 Å². The van der Waals surface area contributed by atoms with Gasteiger partial charge in [-0.2, -0.15) is 0 Å². The van der Waals surface area contributed by atoms with Gasteiger partial charge < -0.3 is 4.57 Å². The first-order chi connectivity index (χ1) is 13.2. The Labute approximate surface area is 154 Å². The second-order valence-corrected chi connectivity index (χ2v) is 7.05. The van der Waals surface area contributed by atoms with E-state index in [1.807, 2.05) is 37.4 Å². The van der Waals surface area contributed by atoms with Crippen molar-refractivity contribution >= 4 is 21.9 Å². The first-order valence-corrected chi connectivity index (χ1v) is 9.11. The maximum absolute atomic E-state index is 13.5. The zero-order chi connectivity index (χ0) is 18.5. The van der Waals surface area contributed by atoms with Crippen molar-refractivity contribution in [2.24, 2.45) is 7.05 Å². The van der Waals surface area contributed by atoms with E-state index in [0.717, 1.165) is 30.8 Å². The fraction of sp³-hybridized carbons (Fsp3) is 0.238. The summed E-state index contributed by atoms with van der Waals surface area (Å²) >= 11 is 0. The van der Waals surface area contributed by atoms with E-state index in [1.165, 1.54) is 0 Å². The fourth-order valence-corrected chi connectivity index (χ4v) is 3.83. The minimum atomic E-state index is -0.299. The van der Waals surface area contributed by atoms with E-state index in [0.29, 0.717) is 16.6 Å². The molecule has 3 aromatic heterocycles. The minimum Gasteiger partial charge on any atom is -0.327 e. The molecule has 0 radical (unpaired) electrons. The molecule has 0 bridgehead atoms. The summed E-state index contributed by atoms with van der Waals surface area (Å²) < 4.78 is 3.43. The summed E-state index contributed by atoms with van der Waals surface area (Å²) in [6.45, 7) is 0. The van der Waals surface area contributed by atoms with Gasteiger partial charge in [-0.15, -0.1) is 0 Å². The number of pyridine rings is 2. The lowest BCUT2D eigenvalue weighted by Gasteiger charge is -2.28. The fourth-order valence-electron chi connectivity index (χ4n) is 3.83. The second-order valence-electron chi connectivity index (χ2n) is 7.05. The zero-order valence-corrected chi connectivity index (χ0v) is 14.9. The molecule has 1 saturated carbocycles. The molecule has 0 atom stereocenters. The van der Waals surface area contributed by atoms with E-state index in [-0.39, 0.29) is 22.3 Å². The molecule has 0 unspecified atom stereocenters. The molecule has 3 heterocycles. The Kier molecular flexibility index (Phi) is 3.47. The molecule has 1 aromatic carbocycles. The third kappa shape index (κ3) is 2.26. The predicted molar refractivity (Wildman–Crippen MR) is 104 cm³/mol. The van der Waals surface area contributed by atoms with Gasteiger partial charge in [-0.3, -0.25) is 19.1 Å². The lowest BCUT2D eigenvalue weighted by Crippen LogP contribution is -2.32. The Morgan fingerprint density at radius 2 is 1.85 bits per heavy atom. The molecular formula is C21H18N4O2. The monoisotopic (exact) mass is 358 g/mol. The molecule has 6 nitrogen and oxygen atoms in total. The van der Waals surface area contributed by atoms with Crippen LogP contribution in [0.25, 0.3) is 27.6 Å². The summed E-state index contributed by atoms with van der Waals surface area (Å²) in [4.78, 5) is 35.6. The van der Waals surface area contributed by atoms with Crippen molar-refractivity contribution < 1.29 is 0 Å². The molecule has 0 amide bonds. The standard InChI is InChI=1S/C21H18N4O2/c1-24-16-12-22-11-10-15(16)18(26)17-20(24)23-19(13-6-5-7-13)25(21(17)27)14-8-3-2-4-9-14/h2-4,8-13H,5-7H2,1H3. The summed E-state index contributed by atoms with van der Waals surface area (Å²) in [5.74, 6) is 0.977. The van der Waals surface area contributed by atoms with Crippen molar-refractivity contribution in [2.45, 2.75) is 25.2 Å². The molecule has 5 rings (SSSR count). The number of fused-ring (bicyclic) bond motifs is 2. The quantitative estimate of drug-likeness (QED) is 0.517. The zero-order valence-electron chi connectivity index (χ0n) is 14.9. The van der Waals surface area contributed by atoms with Crippen LogP contribution in [-0.4, -0.2) is 19.1 Å². The van der Waals surface area contributed by atoms with E-state index < -0.39 is 0 Å². The number of para-hydroxylation sites is 1. The average molecular weight is 358 g/mol. The molecule has 27 heavy (non-hydrogen) atoms. The average Bonchev–Trinajstić information content (AvgIpc) is 2.65. The Balaban J connectivity index is 1.99. The Hall–Kier alpha value is -3.28. The number of benzene rings is 1. The van der Waals surface area contributed by atoms with E-state index in [2.05, 4.69) is 4.98 Å². The van der Waals surface area contributed by atoms with Gasteiger partial charge in [-0.1, -0.05) is 24.6 Å². The van der Waals surface area contributed by atoms with Crippen molar-refractivity contribution in [3.8, 4) is 5.69 Å². The molecule has 4 aromatic rings. The SMILES string of the molecule is Cn1c2cnccc2c(=O)c2c(=O)n(-c3ccccc3)c(C3CCC3)nc21. The van der Waals surface area contributed by atoms with Crippen LogP contribution in [0.2, 0.25) is 0 Å². The summed E-state index contributed by atoms with van der Waals surface area (Å²) in [6, 6.07) is 11.1. The number of aryl methyl sites for hydroxylation is 1. The Bertz CT molecular complexity index is 1300. The van der Waals surface area contributed by atoms with Crippen molar-refractivity contribution in [2.75, 3.05) is 0 Å². The van der Waals surface area contributed by atoms with Crippen molar-refractivity contribution in [1.82, 2.24) is 19.1 Å². The topological polar surface area (TPSA) is 69.8 Å². The van der Waals surface area contributed by atoms with Gasteiger partial charge in [0.25, 0.3) is 5.56 Å². The minimum absolute atomic E-state index is 0.128. The molecule has 6 heteroatoms. The van der Waals surface area contributed by atoms with Crippen molar-refractivity contribution in [3.05, 3.63) is 75.2 Å². The smallest absolute Gasteiger partial charge is 0.271 e. The molecule has 134 valence electrons. The Morgan fingerprint density at radius 3 is 2.56 bits per heavy atom. The predicted octanol–water partition coefficient (Wildman–Crippen LogP) is 2.90. The molecule has 1 aliphatic carbocycles. The first kappa shape index (κ1) is 15.9. The van der Waals surface area contributed by atoms with Crippen molar-refractivity contribution in [3.63, 3.8) is 0 Å². The summed E-state index contributed by atoms with van der Waals surface area (Å²) in [5.41, 5.74) is 1.27. The largest absolute Gasteiger partial charge is 0.327 e. The number of nitrogens with zero attached hydrogens (tertiary/aromatic N) is 4. The van der Waals surface area contributed by atoms with Gasteiger partial charge in [0.1, 0.15) is 11.2 Å². The van der Waals surface area contributed by atoms with Crippen LogP contribution in [0, 0.1) is 0 Å². The highest BCUT2D eigenvalue weighted by Gasteiger charge is 2.27. The van der Waals surface area contributed by atoms with Gasteiger partial charge in [0.2, 0.25) is 5.43 Å². The van der Waals surface area contributed by atoms with Gasteiger partial charge >= 0.3 is 0 Å². The van der Waals surface area contributed by atoms with Crippen LogP contribution in [0.5, 0.6) is 0 Å². The maximum atomic E-state index is 13.5. The third-order valence-electron chi connectivity index (χ3n) is 5.53. The summed E-state index contributed by atoms with van der Waals surface area (Å²) in [7, 11) is 1.83. The van der Waals surface area contributed by atoms with Crippen molar-refractivity contribution in [1.29, 1.82) is 0 Å². The van der Waals surface area contributed by atoms with Gasteiger partial charge in [0, 0.05) is 24.5 Å². The Morgan fingerprint density at radius 1 is 1.07 bits per heavy atom.